The molecule has 1 fully saturated rings. The van der Waals surface area contributed by atoms with E-state index in [0.717, 1.165) is 0 Å². The van der Waals surface area contributed by atoms with E-state index in [1.54, 1.807) is 0 Å². The molecule has 1 aromatic carbocycles. The number of halogens is 2. The van der Waals surface area contributed by atoms with Gasteiger partial charge in [-0.1, -0.05) is 0 Å². The Labute approximate surface area is 166 Å². The van der Waals surface area contributed by atoms with Gasteiger partial charge in [0.15, 0.2) is 11.5 Å². The third kappa shape index (κ3) is 4.21. The lowest BCUT2D eigenvalue weighted by Gasteiger charge is -2.46. The Balaban J connectivity index is 1.71. The van der Waals surface area contributed by atoms with E-state index in [1.807, 2.05) is 5.48 Å². The quantitative estimate of drug-likeness (QED) is 0.251. The number of β-amino-alcohol motifs (C(OH)–C–C–N with tert-alkyl or cyclic N) is 1. The summed E-state index contributed by atoms with van der Waals surface area (Å²) in [6.07, 6.45) is 0. The van der Waals surface area contributed by atoms with Gasteiger partial charge in [-0.25, -0.2) is 18.8 Å². The number of amidine groups is 1. The van der Waals surface area contributed by atoms with Crippen molar-refractivity contribution in [3.05, 3.63) is 34.2 Å². The number of aliphatic imine (C=N–C) groups is 1. The summed E-state index contributed by atoms with van der Waals surface area (Å²) in [5, 5.41) is 32.5. The van der Waals surface area contributed by atoms with E-state index in [4.69, 9.17) is 0 Å². The molecule has 2 amide bonds. The molecule has 11 nitrogen and oxygen atoms in total. The van der Waals surface area contributed by atoms with E-state index in [0.29, 0.717) is 5.69 Å². The average Bonchev–Trinajstić information content (AvgIpc) is 3.12. The molecule has 28 heavy (non-hydrogen) atoms. The summed E-state index contributed by atoms with van der Waals surface area (Å²) in [6.45, 7) is 0.342. The van der Waals surface area contributed by atoms with E-state index in [2.05, 4.69) is 46.5 Å². The Morgan fingerprint density at radius 2 is 2.21 bits per heavy atom. The normalized spacial score (nSPS) is 15.8. The standard InChI is InChI=1S/C15H17BrFN7O4/c1-18-14(25)24-6-15(26,7-24)5-19-12-11(22-28-23-12)13(21-27)20-8-2-3-10(17)9(16)4-8/h2-4,26-27H,5-7H2,1H3,(H,18,25)(H,19,23)(H,20,21). The first-order valence-corrected chi connectivity index (χ1v) is 8.84. The largest absolute Gasteiger partial charge is 0.384 e. The number of aliphatic hydroxyl groups is 1. The van der Waals surface area contributed by atoms with Crippen LogP contribution in [0.5, 0.6) is 0 Å². The van der Waals surface area contributed by atoms with Crippen LogP contribution >= 0.6 is 15.9 Å². The van der Waals surface area contributed by atoms with Crippen LogP contribution in [0.25, 0.3) is 0 Å². The number of likely N-dealkylation sites (tertiary alicyclic amines) is 1. The Morgan fingerprint density at radius 3 is 2.86 bits per heavy atom. The first-order valence-electron chi connectivity index (χ1n) is 8.05. The number of rotatable bonds is 5. The molecule has 1 aliphatic heterocycles. The van der Waals surface area contributed by atoms with Gasteiger partial charge in [0, 0.05) is 13.6 Å². The topological polar surface area (TPSA) is 148 Å². The van der Waals surface area contributed by atoms with Gasteiger partial charge in [-0.15, -0.1) is 0 Å². The van der Waals surface area contributed by atoms with Gasteiger partial charge in [-0.3, -0.25) is 10.7 Å². The SMILES string of the molecule is CNC(=O)N1CC(O)(CNc2nonc2C(=Nc2ccc(F)c(Br)c2)NO)C1. The lowest BCUT2D eigenvalue weighted by atomic mass is 9.94. The number of carbonyl (C=O) groups is 1. The molecule has 2 aromatic rings. The summed E-state index contributed by atoms with van der Waals surface area (Å²) >= 11 is 3.06. The molecule has 0 bridgehead atoms. The van der Waals surface area contributed by atoms with Crippen LogP contribution in [-0.2, 0) is 0 Å². The van der Waals surface area contributed by atoms with Crippen molar-refractivity contribution in [3.8, 4) is 0 Å². The van der Waals surface area contributed by atoms with Crippen molar-refractivity contribution in [1.82, 2.24) is 26.0 Å². The third-order valence-corrected chi connectivity index (χ3v) is 4.63. The lowest BCUT2D eigenvalue weighted by molar-refractivity contribution is -0.0646. The minimum absolute atomic E-state index is 0.0500. The number of nitrogens with zero attached hydrogens (tertiary/aromatic N) is 4. The molecule has 2 heterocycles. The Bertz CT molecular complexity index is 900. The van der Waals surface area contributed by atoms with Crippen molar-refractivity contribution in [3.63, 3.8) is 0 Å². The first-order chi connectivity index (χ1) is 13.3. The number of hydroxylamine groups is 1. The molecule has 5 N–H and O–H groups in total. The van der Waals surface area contributed by atoms with Crippen LogP contribution in [0.1, 0.15) is 5.69 Å². The van der Waals surface area contributed by atoms with Gasteiger partial charge in [0.1, 0.15) is 11.4 Å². The lowest BCUT2D eigenvalue weighted by Crippen LogP contribution is -2.67. The van der Waals surface area contributed by atoms with Crippen molar-refractivity contribution in [2.24, 2.45) is 4.99 Å². The molecule has 0 spiro atoms. The molecule has 0 unspecified atom stereocenters. The minimum Gasteiger partial charge on any atom is -0.384 e. The van der Waals surface area contributed by atoms with Crippen molar-refractivity contribution < 1.29 is 24.1 Å². The van der Waals surface area contributed by atoms with Gasteiger partial charge in [-0.2, -0.15) is 0 Å². The number of hydrogen-bond acceptors (Lipinski definition) is 8. The maximum atomic E-state index is 13.3. The zero-order valence-corrected chi connectivity index (χ0v) is 16.2. The van der Waals surface area contributed by atoms with Crippen molar-refractivity contribution in [1.29, 1.82) is 0 Å². The summed E-state index contributed by atoms with van der Waals surface area (Å²) in [6, 6.07) is 3.75. The van der Waals surface area contributed by atoms with E-state index in [9.17, 15) is 19.5 Å². The number of urea groups is 1. The molecule has 1 aliphatic rings. The summed E-state index contributed by atoms with van der Waals surface area (Å²) in [4.78, 5) is 17.1. The maximum absolute atomic E-state index is 13.3. The second-order valence-corrected chi connectivity index (χ2v) is 6.98. The van der Waals surface area contributed by atoms with Gasteiger partial charge in [0.25, 0.3) is 0 Å². The highest BCUT2D eigenvalue weighted by Gasteiger charge is 2.43. The van der Waals surface area contributed by atoms with Crippen molar-refractivity contribution in [2.45, 2.75) is 5.60 Å². The maximum Gasteiger partial charge on any atom is 0.317 e. The Hall–Kier alpha value is -2.77. The van der Waals surface area contributed by atoms with Crippen LogP contribution in [0.2, 0.25) is 0 Å². The number of nitrogens with one attached hydrogen (secondary N) is 3. The van der Waals surface area contributed by atoms with Gasteiger partial charge in [0.05, 0.1) is 23.2 Å². The highest BCUT2D eigenvalue weighted by atomic mass is 79.9. The summed E-state index contributed by atoms with van der Waals surface area (Å²) < 4.78 is 18.2. The summed E-state index contributed by atoms with van der Waals surface area (Å²) in [7, 11) is 1.51. The number of anilines is 1. The van der Waals surface area contributed by atoms with E-state index < -0.39 is 11.4 Å². The Kier molecular flexibility index (Phi) is 5.76. The molecule has 1 saturated heterocycles. The van der Waals surface area contributed by atoms with E-state index in [-0.39, 0.29) is 47.5 Å². The number of aromatic nitrogens is 2. The monoisotopic (exact) mass is 457 g/mol. The number of amides is 2. The van der Waals surface area contributed by atoms with Gasteiger partial charge in [0.2, 0.25) is 5.82 Å². The van der Waals surface area contributed by atoms with Gasteiger partial charge >= 0.3 is 6.03 Å². The predicted octanol–water partition coefficient (Wildman–Crippen LogP) is 0.826. The third-order valence-electron chi connectivity index (χ3n) is 4.02. The predicted molar refractivity (Wildman–Crippen MR) is 99.0 cm³/mol. The van der Waals surface area contributed by atoms with Crippen molar-refractivity contribution in [2.75, 3.05) is 32.0 Å². The fraction of sp³-hybridized carbons (Fsp3) is 0.333. The van der Waals surface area contributed by atoms with E-state index in [1.165, 1.54) is 30.1 Å². The summed E-state index contributed by atoms with van der Waals surface area (Å²) in [5.74, 6) is -0.439. The fourth-order valence-corrected chi connectivity index (χ4v) is 2.97. The van der Waals surface area contributed by atoms with Crippen LogP contribution in [-0.4, -0.2) is 69.7 Å². The van der Waals surface area contributed by atoms with E-state index >= 15 is 0 Å². The van der Waals surface area contributed by atoms with Gasteiger partial charge in [-0.05, 0) is 44.4 Å². The van der Waals surface area contributed by atoms with Crippen LogP contribution < -0.4 is 16.1 Å². The second kappa shape index (κ2) is 8.08. The van der Waals surface area contributed by atoms with Crippen molar-refractivity contribution >= 4 is 39.3 Å². The zero-order chi connectivity index (χ0) is 20.3. The number of carbonyl (C=O) groups excluding carboxylic acids is 1. The molecule has 13 heteroatoms. The molecule has 0 saturated carbocycles. The van der Waals surface area contributed by atoms with Crippen LogP contribution in [0.15, 0.2) is 32.3 Å². The second-order valence-electron chi connectivity index (χ2n) is 6.12. The molecule has 0 atom stereocenters. The number of hydrogen-bond donors (Lipinski definition) is 5. The van der Waals surface area contributed by atoms with Crippen LogP contribution in [0.3, 0.4) is 0 Å². The highest BCUT2D eigenvalue weighted by Crippen LogP contribution is 2.24. The molecule has 0 radical (unpaired) electrons. The molecule has 1 aromatic heterocycles. The molecule has 3 rings (SSSR count). The molecular formula is C15H17BrFN7O4. The van der Waals surface area contributed by atoms with Gasteiger partial charge < -0.3 is 20.6 Å². The minimum atomic E-state index is -1.14. The fourth-order valence-electron chi connectivity index (χ4n) is 2.60. The summed E-state index contributed by atoms with van der Waals surface area (Å²) in [5.41, 5.74) is 1.13. The smallest absolute Gasteiger partial charge is 0.317 e. The van der Waals surface area contributed by atoms with Crippen LogP contribution in [0, 0.1) is 5.82 Å². The molecular weight excluding hydrogens is 441 g/mol. The number of benzene rings is 1. The molecule has 0 aliphatic carbocycles. The molecule has 150 valence electrons. The zero-order valence-electron chi connectivity index (χ0n) is 14.6. The highest BCUT2D eigenvalue weighted by molar-refractivity contribution is 9.10. The first kappa shape index (κ1) is 20.0. The average molecular weight is 458 g/mol. The van der Waals surface area contributed by atoms with Crippen LogP contribution in [0.4, 0.5) is 20.7 Å². The Morgan fingerprint density at radius 1 is 1.46 bits per heavy atom.